The first-order valence-electron chi connectivity index (χ1n) is 10.7. The van der Waals surface area contributed by atoms with Gasteiger partial charge < -0.3 is 20.8 Å². The molecule has 2 aromatic carbocycles. The van der Waals surface area contributed by atoms with Gasteiger partial charge in [-0.2, -0.15) is 4.98 Å². The molecule has 0 saturated carbocycles. The van der Waals surface area contributed by atoms with Crippen LogP contribution in [0.25, 0.3) is 0 Å². The number of urea groups is 1. The second-order valence-corrected chi connectivity index (χ2v) is 7.63. The average molecular weight is 460 g/mol. The maximum atomic E-state index is 13.3. The van der Waals surface area contributed by atoms with Crippen molar-refractivity contribution in [3.8, 4) is 11.5 Å². The molecule has 34 heavy (non-hydrogen) atoms. The highest BCUT2D eigenvalue weighted by atomic mass is 16.3. The molecule has 10 heteroatoms. The van der Waals surface area contributed by atoms with E-state index in [1.54, 1.807) is 30.5 Å². The Hall–Kier alpha value is -4.60. The summed E-state index contributed by atoms with van der Waals surface area (Å²) < 4.78 is 0. The van der Waals surface area contributed by atoms with Crippen LogP contribution in [-0.2, 0) is 11.3 Å². The number of nitrogens with one attached hydrogen (secondary N) is 2. The quantitative estimate of drug-likeness (QED) is 0.390. The Morgan fingerprint density at radius 1 is 1.18 bits per heavy atom. The summed E-state index contributed by atoms with van der Waals surface area (Å²) in [6.07, 6.45) is 3.49. The topological polar surface area (TPSA) is 131 Å². The van der Waals surface area contributed by atoms with Gasteiger partial charge in [-0.15, -0.1) is 0 Å². The lowest BCUT2D eigenvalue weighted by molar-refractivity contribution is -0.111. The van der Waals surface area contributed by atoms with Crippen molar-refractivity contribution in [1.29, 1.82) is 0 Å². The number of phenols is 2. The van der Waals surface area contributed by atoms with Crippen LogP contribution >= 0.6 is 0 Å². The normalized spacial score (nSPS) is 12.8. The van der Waals surface area contributed by atoms with Crippen LogP contribution in [0.3, 0.4) is 0 Å². The number of amides is 3. The van der Waals surface area contributed by atoms with Gasteiger partial charge in [0.2, 0.25) is 11.9 Å². The minimum absolute atomic E-state index is 0.145. The Morgan fingerprint density at radius 3 is 2.56 bits per heavy atom. The number of phenolic OH excluding ortho intramolecular Hbond substituents is 2. The van der Waals surface area contributed by atoms with Crippen LogP contribution in [0.2, 0.25) is 0 Å². The number of para-hydroxylation sites is 2. The summed E-state index contributed by atoms with van der Waals surface area (Å²) in [5.74, 6) is 0.0923. The Bertz CT molecular complexity index is 1240. The highest BCUT2D eigenvalue weighted by molar-refractivity contribution is 6.05. The molecular weight excluding hydrogens is 436 g/mol. The van der Waals surface area contributed by atoms with E-state index in [-0.39, 0.29) is 35.9 Å². The molecule has 10 nitrogen and oxygen atoms in total. The Labute approximate surface area is 196 Å². The molecule has 174 valence electrons. The van der Waals surface area contributed by atoms with Crippen molar-refractivity contribution in [3.63, 3.8) is 0 Å². The highest BCUT2D eigenvalue weighted by Crippen LogP contribution is 2.35. The number of nitrogens with zero attached hydrogens (tertiary/aromatic N) is 4. The number of aromatic nitrogens is 2. The third-order valence-electron chi connectivity index (χ3n) is 5.15. The number of carbonyl (C=O) groups is 2. The number of rotatable bonds is 7. The third kappa shape index (κ3) is 4.60. The van der Waals surface area contributed by atoms with Crippen molar-refractivity contribution < 1.29 is 19.8 Å². The van der Waals surface area contributed by atoms with E-state index in [1.807, 2.05) is 6.92 Å². The molecular formula is C24H24N6O4. The lowest BCUT2D eigenvalue weighted by Crippen LogP contribution is -2.48. The third-order valence-corrected chi connectivity index (χ3v) is 5.15. The molecule has 3 amide bonds. The monoisotopic (exact) mass is 460 g/mol. The molecule has 3 aromatic rings. The molecule has 0 radical (unpaired) electrons. The van der Waals surface area contributed by atoms with Crippen LogP contribution in [0.4, 0.5) is 33.6 Å². The summed E-state index contributed by atoms with van der Waals surface area (Å²) in [6, 6.07) is 10.8. The number of hydrogen-bond acceptors (Lipinski definition) is 7. The molecule has 0 fully saturated rings. The van der Waals surface area contributed by atoms with E-state index in [9.17, 15) is 19.8 Å². The van der Waals surface area contributed by atoms with Gasteiger partial charge in [0.1, 0.15) is 17.3 Å². The first-order chi connectivity index (χ1) is 16.4. The zero-order valence-electron chi connectivity index (χ0n) is 18.5. The predicted octanol–water partition coefficient (Wildman–Crippen LogP) is 4.11. The maximum Gasteiger partial charge on any atom is 0.330 e. The number of hydrogen-bond donors (Lipinski definition) is 4. The molecule has 1 aliphatic heterocycles. The SMILES string of the molecule is C=CC(=O)Nc1ccccc1Nc1ncc2c(n1)N(CCC)C(=O)N(c1cc(O)cc(O)c1)C2. The summed E-state index contributed by atoms with van der Waals surface area (Å²) in [5, 5.41) is 25.6. The van der Waals surface area contributed by atoms with Crippen LogP contribution < -0.4 is 20.4 Å². The molecule has 0 bridgehead atoms. The first-order valence-corrected chi connectivity index (χ1v) is 10.7. The Morgan fingerprint density at radius 2 is 1.88 bits per heavy atom. The van der Waals surface area contributed by atoms with Crippen LogP contribution in [0.15, 0.2) is 61.3 Å². The molecule has 4 N–H and O–H groups in total. The number of anilines is 5. The molecule has 0 unspecified atom stereocenters. The van der Waals surface area contributed by atoms with Gasteiger partial charge in [0.15, 0.2) is 0 Å². The Kier molecular flexibility index (Phi) is 6.30. The zero-order chi connectivity index (χ0) is 24.2. The predicted molar refractivity (Wildman–Crippen MR) is 130 cm³/mol. The maximum absolute atomic E-state index is 13.3. The van der Waals surface area contributed by atoms with Gasteiger partial charge in [-0.3, -0.25) is 14.6 Å². The smallest absolute Gasteiger partial charge is 0.330 e. The van der Waals surface area contributed by atoms with E-state index in [0.29, 0.717) is 41.4 Å². The van der Waals surface area contributed by atoms with Gasteiger partial charge in [-0.05, 0) is 24.6 Å². The van der Waals surface area contributed by atoms with Crippen molar-refractivity contribution >= 4 is 40.8 Å². The van der Waals surface area contributed by atoms with Gasteiger partial charge in [-0.25, -0.2) is 9.78 Å². The van der Waals surface area contributed by atoms with Crippen LogP contribution in [0, 0.1) is 0 Å². The van der Waals surface area contributed by atoms with Crippen molar-refractivity contribution in [1.82, 2.24) is 9.97 Å². The lowest BCUT2D eigenvalue weighted by Gasteiger charge is -2.36. The fourth-order valence-electron chi connectivity index (χ4n) is 3.65. The minimum Gasteiger partial charge on any atom is -0.508 e. The van der Waals surface area contributed by atoms with Gasteiger partial charge in [0.25, 0.3) is 0 Å². The fraction of sp³-hybridized carbons (Fsp3) is 0.167. The van der Waals surface area contributed by atoms with Crippen molar-refractivity contribution in [2.75, 3.05) is 27.0 Å². The molecule has 0 aliphatic carbocycles. The molecule has 0 spiro atoms. The summed E-state index contributed by atoms with van der Waals surface area (Å²) in [5.41, 5.74) is 2.18. The van der Waals surface area contributed by atoms with Crippen LogP contribution in [-0.4, -0.2) is 38.7 Å². The fourth-order valence-corrected chi connectivity index (χ4v) is 3.65. The standard InChI is InChI=1S/C24H24N6O4/c1-3-9-29-22-15(14-30(24(29)34)16-10-17(31)12-18(32)11-16)13-25-23(28-22)27-20-8-6-5-7-19(20)26-21(33)4-2/h4-8,10-13,31-32H,2-3,9,14H2,1H3,(H,26,33)(H,25,27,28). The molecule has 1 aliphatic rings. The molecule has 0 saturated heterocycles. The molecule has 1 aromatic heterocycles. The second kappa shape index (κ2) is 9.49. The molecule has 2 heterocycles. The summed E-state index contributed by atoms with van der Waals surface area (Å²) in [7, 11) is 0. The number of aromatic hydroxyl groups is 2. The largest absolute Gasteiger partial charge is 0.508 e. The number of fused-ring (bicyclic) bond motifs is 1. The van der Waals surface area contributed by atoms with Crippen molar-refractivity contribution in [2.45, 2.75) is 19.9 Å². The summed E-state index contributed by atoms with van der Waals surface area (Å²) in [6.45, 7) is 5.99. The lowest BCUT2D eigenvalue weighted by atomic mass is 10.1. The van der Waals surface area contributed by atoms with E-state index in [0.717, 1.165) is 0 Å². The van der Waals surface area contributed by atoms with Crippen molar-refractivity contribution in [2.24, 2.45) is 0 Å². The first kappa shape index (κ1) is 22.6. The van der Waals surface area contributed by atoms with E-state index in [4.69, 9.17) is 0 Å². The summed E-state index contributed by atoms with van der Waals surface area (Å²) in [4.78, 5) is 37.1. The van der Waals surface area contributed by atoms with Gasteiger partial charge in [0, 0.05) is 36.5 Å². The van der Waals surface area contributed by atoms with Gasteiger partial charge >= 0.3 is 6.03 Å². The van der Waals surface area contributed by atoms with E-state index < -0.39 is 0 Å². The average Bonchev–Trinajstić information content (AvgIpc) is 2.81. The van der Waals surface area contributed by atoms with Crippen LogP contribution in [0.5, 0.6) is 11.5 Å². The van der Waals surface area contributed by atoms with Crippen molar-refractivity contribution in [3.05, 3.63) is 66.9 Å². The van der Waals surface area contributed by atoms with E-state index in [2.05, 4.69) is 27.2 Å². The van der Waals surface area contributed by atoms with Crippen LogP contribution in [0.1, 0.15) is 18.9 Å². The number of carbonyl (C=O) groups excluding carboxylic acids is 2. The van der Waals surface area contributed by atoms with E-state index in [1.165, 1.54) is 34.1 Å². The summed E-state index contributed by atoms with van der Waals surface area (Å²) >= 11 is 0. The molecule has 4 rings (SSSR count). The number of benzene rings is 2. The van der Waals surface area contributed by atoms with Gasteiger partial charge in [-0.1, -0.05) is 25.6 Å². The highest BCUT2D eigenvalue weighted by Gasteiger charge is 2.33. The minimum atomic E-state index is -0.349. The van der Waals surface area contributed by atoms with E-state index >= 15 is 0 Å². The van der Waals surface area contributed by atoms with Gasteiger partial charge in [0.05, 0.1) is 23.6 Å². The zero-order valence-corrected chi connectivity index (χ0v) is 18.5. The molecule has 0 atom stereocenters. The Balaban J connectivity index is 1.67. The second-order valence-electron chi connectivity index (χ2n) is 7.63.